The Morgan fingerprint density at radius 3 is 2.60 bits per heavy atom. The molecule has 2 aliphatic rings. The Kier molecular flexibility index (Phi) is 7.35. The van der Waals surface area contributed by atoms with Crippen molar-refractivity contribution in [2.75, 3.05) is 33.4 Å². The van der Waals surface area contributed by atoms with Gasteiger partial charge in [0.25, 0.3) is 5.91 Å². The first-order valence-electron chi connectivity index (χ1n) is 9.90. The summed E-state index contributed by atoms with van der Waals surface area (Å²) in [5.74, 6) is -0.539. The van der Waals surface area contributed by atoms with E-state index in [9.17, 15) is 28.2 Å². The lowest BCUT2D eigenvalue weighted by atomic mass is 10.0. The Balaban J connectivity index is 1.66. The summed E-state index contributed by atoms with van der Waals surface area (Å²) in [6.07, 6.45) is -4.90. The van der Waals surface area contributed by atoms with E-state index < -0.39 is 42.0 Å². The molecule has 0 spiro atoms. The third-order valence-electron chi connectivity index (χ3n) is 5.74. The van der Waals surface area contributed by atoms with E-state index in [2.05, 4.69) is 10.2 Å². The van der Waals surface area contributed by atoms with Gasteiger partial charge in [0.2, 0.25) is 0 Å². The van der Waals surface area contributed by atoms with Crippen molar-refractivity contribution >= 4 is 5.91 Å². The summed E-state index contributed by atoms with van der Waals surface area (Å²) < 4.78 is 49.1. The minimum absolute atomic E-state index is 0.0499. The Morgan fingerprint density at radius 1 is 1.30 bits per heavy atom. The van der Waals surface area contributed by atoms with Gasteiger partial charge in [0.1, 0.15) is 12.2 Å². The van der Waals surface area contributed by atoms with Crippen LogP contribution in [0.15, 0.2) is 24.3 Å². The maximum Gasteiger partial charge on any atom is 0.416 e. The summed E-state index contributed by atoms with van der Waals surface area (Å²) in [5, 5.41) is 22.9. The normalized spacial score (nSPS) is 30.0. The van der Waals surface area contributed by atoms with Gasteiger partial charge in [0.05, 0.1) is 30.9 Å². The zero-order valence-corrected chi connectivity index (χ0v) is 16.6. The first-order valence-corrected chi connectivity index (χ1v) is 9.90. The summed E-state index contributed by atoms with van der Waals surface area (Å²) in [6, 6.07) is 3.61. The van der Waals surface area contributed by atoms with Gasteiger partial charge in [-0.15, -0.1) is 0 Å². The number of carbonyl (C=O) groups excluding carboxylic acids is 1. The highest BCUT2D eigenvalue weighted by molar-refractivity contribution is 5.94. The minimum Gasteiger partial charge on any atom is -0.394 e. The van der Waals surface area contributed by atoms with Gasteiger partial charge in [-0.3, -0.25) is 9.69 Å². The fourth-order valence-electron chi connectivity index (χ4n) is 4.28. The highest BCUT2D eigenvalue weighted by atomic mass is 19.4. The summed E-state index contributed by atoms with van der Waals surface area (Å²) in [6.45, 7) is 0.927. The topological polar surface area (TPSA) is 91.3 Å². The molecule has 5 atom stereocenters. The van der Waals surface area contributed by atoms with Crippen LogP contribution in [-0.4, -0.2) is 84.8 Å². The molecular weight excluding hydrogens is 405 g/mol. The fourth-order valence-corrected chi connectivity index (χ4v) is 4.28. The number of aliphatic hydroxyl groups excluding tert-OH is 2. The van der Waals surface area contributed by atoms with Crippen LogP contribution in [-0.2, 0) is 15.7 Å². The van der Waals surface area contributed by atoms with E-state index >= 15 is 0 Å². The average Bonchev–Trinajstić information content (AvgIpc) is 3.29. The van der Waals surface area contributed by atoms with Crippen molar-refractivity contribution < 1.29 is 37.7 Å². The number of nitrogens with one attached hydrogen (secondary N) is 1. The number of hydrogen-bond acceptors (Lipinski definition) is 6. The van der Waals surface area contributed by atoms with Crippen LogP contribution in [0.5, 0.6) is 0 Å². The number of rotatable bonds is 7. The molecule has 2 saturated heterocycles. The van der Waals surface area contributed by atoms with E-state index in [1.807, 2.05) is 0 Å². The molecule has 1 amide bonds. The minimum atomic E-state index is -4.47. The molecule has 10 heteroatoms. The standard InChI is InChI=1S/C20H27F3N2O5/c1-29-11-14-3-2-8-25(14)17-15(30-16(10-26)18(17)27)9-24-19(28)12-4-6-13(7-5-12)20(21,22)23/h4-7,14-18,26-27H,2-3,8-11H2,1H3,(H,24,28). The highest BCUT2D eigenvalue weighted by Gasteiger charge is 2.48. The third-order valence-corrected chi connectivity index (χ3v) is 5.74. The molecule has 0 aromatic heterocycles. The van der Waals surface area contributed by atoms with E-state index in [1.54, 1.807) is 7.11 Å². The predicted octanol–water partition coefficient (Wildman–Crippen LogP) is 1.04. The van der Waals surface area contributed by atoms with Crippen molar-refractivity contribution in [2.45, 2.75) is 49.4 Å². The van der Waals surface area contributed by atoms with Crippen LogP contribution in [0.2, 0.25) is 0 Å². The maximum absolute atomic E-state index is 12.7. The van der Waals surface area contributed by atoms with Gasteiger partial charge in [0, 0.05) is 25.3 Å². The van der Waals surface area contributed by atoms with Gasteiger partial charge in [-0.25, -0.2) is 0 Å². The third kappa shape index (κ3) is 4.94. The number of amides is 1. The summed E-state index contributed by atoms with van der Waals surface area (Å²) >= 11 is 0. The summed E-state index contributed by atoms with van der Waals surface area (Å²) in [4.78, 5) is 14.5. The first-order chi connectivity index (χ1) is 14.3. The van der Waals surface area contributed by atoms with Crippen molar-refractivity contribution in [1.29, 1.82) is 0 Å². The van der Waals surface area contributed by atoms with Crippen molar-refractivity contribution in [3.05, 3.63) is 35.4 Å². The summed E-state index contributed by atoms with van der Waals surface area (Å²) in [7, 11) is 1.61. The molecule has 7 nitrogen and oxygen atoms in total. The molecule has 3 N–H and O–H groups in total. The van der Waals surface area contributed by atoms with Crippen LogP contribution in [0.4, 0.5) is 13.2 Å². The van der Waals surface area contributed by atoms with Crippen molar-refractivity contribution in [3.8, 4) is 0 Å². The SMILES string of the molecule is COCC1CCCN1C1C(CNC(=O)c2ccc(C(F)(F)F)cc2)OC(CO)C1O. The number of carbonyl (C=O) groups is 1. The highest BCUT2D eigenvalue weighted by Crippen LogP contribution is 2.32. The number of methoxy groups -OCH3 is 1. The number of hydrogen-bond donors (Lipinski definition) is 3. The number of likely N-dealkylation sites (tertiary alicyclic amines) is 1. The molecule has 1 aromatic rings. The molecule has 0 aliphatic carbocycles. The van der Waals surface area contributed by atoms with Gasteiger partial charge in [-0.2, -0.15) is 13.2 Å². The molecule has 0 saturated carbocycles. The molecule has 2 aliphatic heterocycles. The monoisotopic (exact) mass is 432 g/mol. The van der Waals surface area contributed by atoms with E-state index in [4.69, 9.17) is 9.47 Å². The number of aliphatic hydroxyl groups is 2. The maximum atomic E-state index is 12.7. The average molecular weight is 432 g/mol. The Labute approximate surface area is 172 Å². The fraction of sp³-hybridized carbons (Fsp3) is 0.650. The quantitative estimate of drug-likeness (QED) is 0.597. The van der Waals surface area contributed by atoms with Crippen LogP contribution in [0.25, 0.3) is 0 Å². The van der Waals surface area contributed by atoms with E-state index in [0.29, 0.717) is 6.61 Å². The lowest BCUT2D eigenvalue weighted by Gasteiger charge is -2.34. The predicted molar refractivity (Wildman–Crippen MR) is 101 cm³/mol. The van der Waals surface area contributed by atoms with E-state index in [1.165, 1.54) is 0 Å². The molecule has 1 aromatic carbocycles. The second kappa shape index (κ2) is 9.61. The van der Waals surface area contributed by atoms with Gasteiger partial charge >= 0.3 is 6.18 Å². The lowest BCUT2D eigenvalue weighted by Crippen LogP contribution is -2.53. The van der Waals surface area contributed by atoms with Crippen LogP contribution in [0, 0.1) is 0 Å². The van der Waals surface area contributed by atoms with Gasteiger partial charge in [-0.1, -0.05) is 0 Å². The zero-order valence-electron chi connectivity index (χ0n) is 16.6. The first kappa shape index (κ1) is 23.0. The second-order valence-electron chi connectivity index (χ2n) is 7.65. The van der Waals surface area contributed by atoms with Crippen LogP contribution < -0.4 is 5.32 Å². The molecule has 168 valence electrons. The molecule has 3 rings (SSSR count). The molecule has 0 bridgehead atoms. The largest absolute Gasteiger partial charge is 0.416 e. The van der Waals surface area contributed by atoms with Gasteiger partial charge in [0.15, 0.2) is 0 Å². The molecule has 5 unspecified atom stereocenters. The number of benzene rings is 1. The second-order valence-corrected chi connectivity index (χ2v) is 7.65. The van der Waals surface area contributed by atoms with Crippen molar-refractivity contribution in [1.82, 2.24) is 10.2 Å². The number of halogens is 3. The van der Waals surface area contributed by atoms with Crippen LogP contribution in [0.1, 0.15) is 28.8 Å². The van der Waals surface area contributed by atoms with Gasteiger partial charge in [-0.05, 0) is 43.7 Å². The van der Waals surface area contributed by atoms with Gasteiger partial charge < -0.3 is 25.0 Å². The van der Waals surface area contributed by atoms with Crippen molar-refractivity contribution in [3.63, 3.8) is 0 Å². The zero-order chi connectivity index (χ0) is 21.9. The van der Waals surface area contributed by atoms with Crippen LogP contribution in [0.3, 0.4) is 0 Å². The van der Waals surface area contributed by atoms with E-state index in [0.717, 1.165) is 43.7 Å². The Morgan fingerprint density at radius 2 is 2.00 bits per heavy atom. The van der Waals surface area contributed by atoms with Crippen LogP contribution >= 0.6 is 0 Å². The van der Waals surface area contributed by atoms with E-state index in [-0.39, 0.29) is 24.8 Å². The number of ether oxygens (including phenoxy) is 2. The Bertz CT molecular complexity index is 715. The number of alkyl halides is 3. The smallest absolute Gasteiger partial charge is 0.394 e. The summed E-state index contributed by atoms with van der Waals surface area (Å²) in [5.41, 5.74) is -0.736. The Hall–Kier alpha value is -1.72. The molecule has 30 heavy (non-hydrogen) atoms. The number of nitrogens with zero attached hydrogens (tertiary/aromatic N) is 1. The molecular formula is C20H27F3N2O5. The molecule has 2 heterocycles. The van der Waals surface area contributed by atoms with Crippen molar-refractivity contribution in [2.24, 2.45) is 0 Å². The molecule has 0 radical (unpaired) electrons. The molecule has 2 fully saturated rings. The lowest BCUT2D eigenvalue weighted by molar-refractivity contribution is -0.137.